The minimum Gasteiger partial charge on any atom is -0.496 e. The molecule has 0 aliphatic carbocycles. The molecule has 0 unspecified atom stereocenters. The minimum atomic E-state index is -4.46. The third-order valence-electron chi connectivity index (χ3n) is 2.07. The van der Waals surface area contributed by atoms with Crippen molar-refractivity contribution >= 4 is 0 Å². The lowest BCUT2D eigenvalue weighted by molar-refractivity contribution is -0.149. The van der Waals surface area contributed by atoms with Crippen LogP contribution < -0.4 is 10.5 Å². The monoisotopic (exact) mass is 219 g/mol. The lowest BCUT2D eigenvalue weighted by Crippen LogP contribution is -2.28. The first-order chi connectivity index (χ1) is 6.86. The van der Waals surface area contributed by atoms with E-state index in [1.807, 2.05) is 0 Å². The van der Waals surface area contributed by atoms with E-state index in [0.717, 1.165) is 0 Å². The van der Waals surface area contributed by atoms with Crippen molar-refractivity contribution in [3.8, 4) is 5.75 Å². The second-order valence-electron chi connectivity index (χ2n) is 3.26. The van der Waals surface area contributed by atoms with Gasteiger partial charge in [-0.3, -0.25) is 0 Å². The average Bonchev–Trinajstić information content (AvgIpc) is 2.15. The zero-order valence-electron chi connectivity index (χ0n) is 8.43. The van der Waals surface area contributed by atoms with Crippen LogP contribution in [0.25, 0.3) is 0 Å². The van der Waals surface area contributed by atoms with E-state index in [4.69, 9.17) is 10.5 Å². The Morgan fingerprint density at radius 3 is 2.40 bits per heavy atom. The highest BCUT2D eigenvalue weighted by Gasteiger charge is 2.39. The smallest absolute Gasteiger partial charge is 0.407 e. The maximum absolute atomic E-state index is 12.4. The van der Waals surface area contributed by atoms with Crippen molar-refractivity contribution in [3.05, 3.63) is 29.3 Å². The van der Waals surface area contributed by atoms with Gasteiger partial charge in [-0.2, -0.15) is 13.2 Å². The van der Waals surface area contributed by atoms with Crippen LogP contribution in [0, 0.1) is 6.92 Å². The summed E-state index contributed by atoms with van der Waals surface area (Å²) in [6.45, 7) is 1.70. The fourth-order valence-corrected chi connectivity index (χ4v) is 1.27. The van der Waals surface area contributed by atoms with Crippen LogP contribution in [0.5, 0.6) is 5.75 Å². The molecule has 0 aliphatic heterocycles. The second kappa shape index (κ2) is 4.10. The zero-order valence-corrected chi connectivity index (χ0v) is 8.43. The molecule has 0 bridgehead atoms. The predicted molar refractivity (Wildman–Crippen MR) is 50.7 cm³/mol. The van der Waals surface area contributed by atoms with Gasteiger partial charge in [0.2, 0.25) is 0 Å². The van der Waals surface area contributed by atoms with Crippen LogP contribution in [-0.2, 0) is 0 Å². The second-order valence-corrected chi connectivity index (χ2v) is 3.26. The van der Waals surface area contributed by atoms with Gasteiger partial charge in [0, 0.05) is 5.56 Å². The van der Waals surface area contributed by atoms with Gasteiger partial charge < -0.3 is 10.5 Å². The molecule has 1 aromatic rings. The number of nitrogens with two attached hydrogens (primary N) is 1. The van der Waals surface area contributed by atoms with Crippen molar-refractivity contribution < 1.29 is 17.9 Å². The van der Waals surface area contributed by atoms with E-state index in [9.17, 15) is 13.2 Å². The standard InChI is InChI=1S/C10H12F3NO/c1-6-3-4-8(15-2)7(5-6)9(14)10(11,12)13/h3-5,9H,14H2,1-2H3/t9-/m0/s1. The highest BCUT2D eigenvalue weighted by atomic mass is 19.4. The molecule has 0 amide bonds. The van der Waals surface area contributed by atoms with Crippen LogP contribution in [0.4, 0.5) is 13.2 Å². The molecule has 5 heteroatoms. The van der Waals surface area contributed by atoms with Crippen molar-refractivity contribution in [2.24, 2.45) is 5.73 Å². The fraction of sp³-hybridized carbons (Fsp3) is 0.400. The van der Waals surface area contributed by atoms with Gasteiger partial charge in [0.15, 0.2) is 0 Å². The Kier molecular flexibility index (Phi) is 3.24. The number of hydrogen-bond donors (Lipinski definition) is 1. The number of benzene rings is 1. The van der Waals surface area contributed by atoms with E-state index in [2.05, 4.69) is 0 Å². The number of alkyl halides is 3. The molecule has 1 aromatic carbocycles. The highest BCUT2D eigenvalue weighted by molar-refractivity contribution is 5.39. The number of halogens is 3. The number of rotatable bonds is 2. The molecule has 0 heterocycles. The molecule has 1 atom stereocenters. The molecule has 15 heavy (non-hydrogen) atoms. The van der Waals surface area contributed by atoms with E-state index in [0.29, 0.717) is 5.56 Å². The first-order valence-corrected chi connectivity index (χ1v) is 4.33. The van der Waals surface area contributed by atoms with Crippen LogP contribution in [-0.4, -0.2) is 13.3 Å². The van der Waals surface area contributed by atoms with Crippen LogP contribution >= 0.6 is 0 Å². The van der Waals surface area contributed by atoms with Crippen molar-refractivity contribution in [1.29, 1.82) is 0 Å². The van der Waals surface area contributed by atoms with Crippen LogP contribution in [0.3, 0.4) is 0 Å². The van der Waals surface area contributed by atoms with Gasteiger partial charge in [-0.1, -0.05) is 17.7 Å². The molecule has 1 rings (SSSR count). The molecular weight excluding hydrogens is 207 g/mol. The van der Waals surface area contributed by atoms with Gasteiger partial charge in [-0.25, -0.2) is 0 Å². The SMILES string of the molecule is COc1ccc(C)cc1[C@H](N)C(F)(F)F. The van der Waals surface area contributed by atoms with Crippen molar-refractivity contribution in [1.82, 2.24) is 0 Å². The Morgan fingerprint density at radius 2 is 1.93 bits per heavy atom. The number of ether oxygens (including phenoxy) is 1. The molecule has 0 radical (unpaired) electrons. The summed E-state index contributed by atoms with van der Waals surface area (Å²) < 4.78 is 42.0. The summed E-state index contributed by atoms with van der Waals surface area (Å²) in [6, 6.07) is 2.53. The van der Waals surface area contributed by atoms with Crippen LogP contribution in [0.1, 0.15) is 17.2 Å². The highest BCUT2D eigenvalue weighted by Crippen LogP contribution is 2.35. The fourth-order valence-electron chi connectivity index (χ4n) is 1.27. The topological polar surface area (TPSA) is 35.2 Å². The lowest BCUT2D eigenvalue weighted by atomic mass is 10.0. The average molecular weight is 219 g/mol. The number of methoxy groups -OCH3 is 1. The van der Waals surface area contributed by atoms with Gasteiger partial charge in [0.25, 0.3) is 0 Å². The molecule has 0 saturated carbocycles. The van der Waals surface area contributed by atoms with Gasteiger partial charge in [-0.05, 0) is 13.0 Å². The molecular formula is C10H12F3NO. The van der Waals surface area contributed by atoms with Gasteiger partial charge >= 0.3 is 6.18 Å². The van der Waals surface area contributed by atoms with Crippen molar-refractivity contribution in [2.45, 2.75) is 19.1 Å². The first kappa shape index (κ1) is 11.8. The maximum Gasteiger partial charge on any atom is 0.407 e. The summed E-state index contributed by atoms with van der Waals surface area (Å²) in [5.41, 5.74) is 5.79. The summed E-state index contributed by atoms with van der Waals surface area (Å²) in [7, 11) is 1.32. The third kappa shape index (κ3) is 2.62. The summed E-state index contributed by atoms with van der Waals surface area (Å²) in [6.07, 6.45) is -4.46. The normalized spacial score (nSPS) is 13.7. The number of hydrogen-bond acceptors (Lipinski definition) is 2. The molecule has 0 aliphatic rings. The van der Waals surface area contributed by atoms with E-state index < -0.39 is 12.2 Å². The quantitative estimate of drug-likeness (QED) is 0.829. The number of aryl methyl sites for hydroxylation is 1. The summed E-state index contributed by atoms with van der Waals surface area (Å²) in [5.74, 6) is 0.158. The van der Waals surface area contributed by atoms with Crippen molar-refractivity contribution in [3.63, 3.8) is 0 Å². The van der Waals surface area contributed by atoms with Gasteiger partial charge in [0.05, 0.1) is 7.11 Å². The summed E-state index contributed by atoms with van der Waals surface area (Å²) >= 11 is 0. The van der Waals surface area contributed by atoms with E-state index >= 15 is 0 Å². The van der Waals surface area contributed by atoms with E-state index in [1.165, 1.54) is 19.2 Å². The molecule has 2 nitrogen and oxygen atoms in total. The molecule has 0 aromatic heterocycles. The third-order valence-corrected chi connectivity index (χ3v) is 2.07. The maximum atomic E-state index is 12.4. The largest absolute Gasteiger partial charge is 0.496 e. The van der Waals surface area contributed by atoms with Crippen LogP contribution in [0.15, 0.2) is 18.2 Å². The first-order valence-electron chi connectivity index (χ1n) is 4.33. The Balaban J connectivity index is 3.17. The lowest BCUT2D eigenvalue weighted by Gasteiger charge is -2.18. The Morgan fingerprint density at radius 1 is 1.33 bits per heavy atom. The van der Waals surface area contributed by atoms with Crippen LogP contribution in [0.2, 0.25) is 0 Å². The predicted octanol–water partition coefficient (Wildman–Crippen LogP) is 2.57. The van der Waals surface area contributed by atoms with Crippen molar-refractivity contribution in [2.75, 3.05) is 7.11 Å². The Labute approximate surface area is 85.8 Å². The molecule has 0 spiro atoms. The molecule has 0 fully saturated rings. The van der Waals surface area contributed by atoms with Gasteiger partial charge in [0.1, 0.15) is 11.8 Å². The molecule has 84 valence electrons. The summed E-state index contributed by atoms with van der Waals surface area (Å²) in [4.78, 5) is 0. The van der Waals surface area contributed by atoms with E-state index in [-0.39, 0.29) is 11.3 Å². The molecule has 2 N–H and O–H groups in total. The zero-order chi connectivity index (χ0) is 11.6. The Bertz CT molecular complexity index is 349. The van der Waals surface area contributed by atoms with Gasteiger partial charge in [-0.15, -0.1) is 0 Å². The minimum absolute atomic E-state index is 0.0370. The summed E-state index contributed by atoms with van der Waals surface area (Å²) in [5, 5.41) is 0. The Hall–Kier alpha value is -1.23. The molecule has 0 saturated heterocycles. The van der Waals surface area contributed by atoms with E-state index in [1.54, 1.807) is 13.0 Å².